The van der Waals surface area contributed by atoms with Gasteiger partial charge in [0.1, 0.15) is 17.2 Å². The first-order valence-electron chi connectivity index (χ1n) is 21.0. The van der Waals surface area contributed by atoms with Crippen molar-refractivity contribution in [1.82, 2.24) is 0 Å². The number of hydrogen-bond acceptors (Lipinski definition) is 12. The molecule has 5 rings (SSSR count). The van der Waals surface area contributed by atoms with Crippen LogP contribution in [0.3, 0.4) is 0 Å². The van der Waals surface area contributed by atoms with Gasteiger partial charge in [-0.2, -0.15) is 20.5 Å². The molecule has 0 spiro atoms. The number of alkyl halides is 2. The molecular weight excluding hydrogens is 958 g/mol. The highest BCUT2D eigenvalue weighted by atomic mass is 35.5. The number of carbonyl (C=O) groups excluding carboxylic acids is 6. The largest absolute Gasteiger partial charge is 0.491 e. The minimum atomic E-state index is -1.66. The number of ketones is 2. The molecule has 0 aliphatic rings. The maximum absolute atomic E-state index is 13.7. The molecular formula is C48H46Cl4N8O8. The van der Waals surface area contributed by atoms with Crippen LogP contribution in [0.1, 0.15) is 59.5 Å². The molecule has 354 valence electrons. The van der Waals surface area contributed by atoms with Crippen LogP contribution in [0.2, 0.25) is 10.0 Å². The zero-order valence-electron chi connectivity index (χ0n) is 37.2. The summed E-state index contributed by atoms with van der Waals surface area (Å²) in [5.74, 6) is -3.16. The monoisotopic (exact) mass is 1000 g/mol. The van der Waals surface area contributed by atoms with Gasteiger partial charge in [-0.15, -0.1) is 23.2 Å². The molecule has 5 aromatic rings. The Balaban J connectivity index is 1.32. The van der Waals surface area contributed by atoms with E-state index in [4.69, 9.17) is 55.9 Å². The van der Waals surface area contributed by atoms with Gasteiger partial charge in [0.25, 0.3) is 23.6 Å². The molecule has 4 amide bonds. The van der Waals surface area contributed by atoms with Crippen molar-refractivity contribution in [3.63, 3.8) is 0 Å². The number of benzene rings is 5. The van der Waals surface area contributed by atoms with Gasteiger partial charge in [0.2, 0.25) is 12.1 Å². The molecule has 5 aromatic carbocycles. The molecule has 0 bridgehead atoms. The van der Waals surface area contributed by atoms with Crippen molar-refractivity contribution in [3.05, 3.63) is 129 Å². The van der Waals surface area contributed by atoms with E-state index in [1.54, 1.807) is 38.1 Å². The van der Waals surface area contributed by atoms with E-state index in [2.05, 4.69) is 41.7 Å². The molecule has 16 nitrogen and oxygen atoms in total. The molecule has 0 saturated heterocycles. The van der Waals surface area contributed by atoms with Crippen molar-refractivity contribution >= 4 is 116 Å². The molecule has 0 aromatic heterocycles. The number of hydrogen-bond donors (Lipinski definition) is 4. The van der Waals surface area contributed by atoms with Crippen LogP contribution >= 0.6 is 46.4 Å². The van der Waals surface area contributed by atoms with Crippen LogP contribution in [0.15, 0.2) is 118 Å². The summed E-state index contributed by atoms with van der Waals surface area (Å²) >= 11 is 24.3. The van der Waals surface area contributed by atoms with Crippen molar-refractivity contribution in [2.45, 2.75) is 52.6 Å². The van der Waals surface area contributed by atoms with Crippen molar-refractivity contribution in [2.75, 3.05) is 46.2 Å². The molecule has 0 fully saturated rings. The molecule has 4 N–H and O–H groups in total. The fraction of sp³-hybridized carbons (Fsp3) is 0.250. The minimum Gasteiger partial charge on any atom is -0.491 e. The van der Waals surface area contributed by atoms with Gasteiger partial charge in [0, 0.05) is 41.0 Å². The maximum atomic E-state index is 13.7. The summed E-state index contributed by atoms with van der Waals surface area (Å²) in [5, 5.41) is 27.3. The van der Waals surface area contributed by atoms with Crippen LogP contribution in [0.4, 0.5) is 34.1 Å². The lowest BCUT2D eigenvalue weighted by molar-refractivity contribution is -0.127. The second kappa shape index (κ2) is 25.4. The van der Waals surface area contributed by atoms with Crippen LogP contribution in [0.5, 0.6) is 11.5 Å². The van der Waals surface area contributed by atoms with Gasteiger partial charge >= 0.3 is 0 Å². The molecule has 2 unspecified atom stereocenters. The van der Waals surface area contributed by atoms with E-state index in [1.165, 1.54) is 48.5 Å². The molecule has 20 heteroatoms. The van der Waals surface area contributed by atoms with Crippen molar-refractivity contribution in [2.24, 2.45) is 20.5 Å². The van der Waals surface area contributed by atoms with E-state index in [1.807, 2.05) is 24.3 Å². The van der Waals surface area contributed by atoms with Crippen LogP contribution in [-0.4, -0.2) is 72.3 Å². The van der Waals surface area contributed by atoms with Crippen LogP contribution < -0.4 is 30.7 Å². The van der Waals surface area contributed by atoms with Crippen molar-refractivity contribution in [1.29, 1.82) is 0 Å². The topological polar surface area (TPSA) is 218 Å². The summed E-state index contributed by atoms with van der Waals surface area (Å²) < 4.78 is 11.7. The number of aryl methyl sites for hydroxylation is 2. The average Bonchev–Trinajstić information content (AvgIpc) is 3.30. The Morgan fingerprint density at radius 2 is 0.926 bits per heavy atom. The Morgan fingerprint density at radius 1 is 0.529 bits per heavy atom. The third-order valence-electron chi connectivity index (χ3n) is 9.60. The fourth-order valence-corrected chi connectivity index (χ4v) is 7.08. The third-order valence-corrected chi connectivity index (χ3v) is 10.6. The number of rotatable bonds is 22. The Labute approximate surface area is 412 Å². The fourth-order valence-electron chi connectivity index (χ4n) is 6.24. The van der Waals surface area contributed by atoms with Gasteiger partial charge in [0.15, 0.2) is 11.6 Å². The number of anilines is 4. The molecule has 0 saturated carbocycles. The first-order valence-corrected chi connectivity index (χ1v) is 22.9. The number of amides is 4. The standard InChI is InChI=1S/C48H46Cl4N8O8/c1-5-67-40-25-35(55-47(65)42(27(3)61)59-57-33-15-17-38(51)36(23-33)45(63)53-31-11-7-29(8-12-31)19-21-49)26-41(68-6-2)44(40)56-48(66)43(28(4)62)60-58-34-16-18-39(52)37(24-34)46(64)54-32-13-9-30(10-14-32)20-22-50/h7-18,23-26,42-43H,5-6,19-22H2,1-4H3,(H,53,63)(H,54,64)(H,55,65)(H,56,66). The van der Waals surface area contributed by atoms with Gasteiger partial charge in [-0.05, 0) is 112 Å². The van der Waals surface area contributed by atoms with E-state index < -0.39 is 47.3 Å². The summed E-state index contributed by atoms with van der Waals surface area (Å²) in [6.07, 6.45) is 1.35. The zero-order valence-corrected chi connectivity index (χ0v) is 40.2. The molecule has 0 aliphatic carbocycles. The molecule has 0 aliphatic heterocycles. The lowest BCUT2D eigenvalue weighted by Crippen LogP contribution is -2.32. The Hall–Kier alpha value is -6.72. The van der Waals surface area contributed by atoms with Gasteiger partial charge in [-0.3, -0.25) is 28.8 Å². The lowest BCUT2D eigenvalue weighted by Gasteiger charge is -2.19. The van der Waals surface area contributed by atoms with E-state index in [0.717, 1.165) is 25.0 Å². The Morgan fingerprint density at radius 3 is 1.29 bits per heavy atom. The first-order chi connectivity index (χ1) is 32.6. The number of nitrogens with zero attached hydrogens (tertiary/aromatic N) is 4. The lowest BCUT2D eigenvalue weighted by atomic mass is 10.1. The van der Waals surface area contributed by atoms with Gasteiger partial charge in [-0.25, -0.2) is 0 Å². The SMILES string of the molecule is CCOc1cc(NC(=O)C(N=Nc2ccc(Cl)c(C(=O)Nc3ccc(CCCl)cc3)c2)C(C)=O)cc(OCC)c1NC(=O)C(N=Nc1ccc(Cl)c(C(=O)Nc2ccc(CCCl)cc2)c1)C(C)=O. The maximum Gasteiger partial charge on any atom is 0.259 e. The normalized spacial score (nSPS) is 12.0. The van der Waals surface area contributed by atoms with Crippen LogP contribution in [0.25, 0.3) is 0 Å². The van der Waals surface area contributed by atoms with E-state index in [-0.39, 0.29) is 68.6 Å². The van der Waals surface area contributed by atoms with E-state index >= 15 is 0 Å². The van der Waals surface area contributed by atoms with Gasteiger partial charge in [0.05, 0.1) is 45.8 Å². The number of halogens is 4. The van der Waals surface area contributed by atoms with Gasteiger partial charge < -0.3 is 30.7 Å². The van der Waals surface area contributed by atoms with Crippen LogP contribution in [-0.2, 0) is 32.0 Å². The second-order valence-corrected chi connectivity index (χ2v) is 16.2. The average molecular weight is 1000 g/mol. The summed E-state index contributed by atoms with van der Waals surface area (Å²) in [6, 6.07) is 22.3. The van der Waals surface area contributed by atoms with Gasteiger partial charge in [-0.1, -0.05) is 47.5 Å². The minimum absolute atomic E-state index is 0.00742. The predicted octanol–water partition coefficient (Wildman–Crippen LogP) is 11.2. The van der Waals surface area contributed by atoms with Crippen molar-refractivity contribution < 1.29 is 38.2 Å². The highest BCUT2D eigenvalue weighted by Crippen LogP contribution is 2.39. The van der Waals surface area contributed by atoms with Crippen LogP contribution in [0, 0.1) is 0 Å². The molecule has 0 radical (unpaired) electrons. The number of ether oxygens (including phenoxy) is 2. The smallest absolute Gasteiger partial charge is 0.259 e. The molecule has 68 heavy (non-hydrogen) atoms. The molecule has 2 atom stereocenters. The summed E-state index contributed by atoms with van der Waals surface area (Å²) in [5.41, 5.74) is 3.58. The summed E-state index contributed by atoms with van der Waals surface area (Å²) in [7, 11) is 0. The van der Waals surface area contributed by atoms with E-state index in [0.29, 0.717) is 36.0 Å². The number of Topliss-reactive ketones (excluding diaryl/α,β-unsaturated/α-hetero) is 2. The Kier molecular flexibility index (Phi) is 19.5. The quantitative estimate of drug-likeness (QED) is 0.0296. The van der Waals surface area contributed by atoms with E-state index in [9.17, 15) is 28.8 Å². The highest BCUT2D eigenvalue weighted by molar-refractivity contribution is 6.35. The predicted molar refractivity (Wildman–Crippen MR) is 265 cm³/mol. The number of azo groups is 2. The Bertz CT molecular complexity index is 2690. The number of nitrogens with one attached hydrogen (secondary N) is 4. The zero-order chi connectivity index (χ0) is 49.3. The molecule has 0 heterocycles. The number of carbonyl (C=O) groups is 6. The first kappa shape index (κ1) is 52.3. The third kappa shape index (κ3) is 14.6. The van der Waals surface area contributed by atoms with Crippen molar-refractivity contribution in [3.8, 4) is 11.5 Å². The summed E-state index contributed by atoms with van der Waals surface area (Å²) in [4.78, 5) is 79.2. The summed E-state index contributed by atoms with van der Waals surface area (Å²) in [6.45, 7) is 5.88. The second-order valence-electron chi connectivity index (χ2n) is 14.7. The highest BCUT2D eigenvalue weighted by Gasteiger charge is 2.28.